The van der Waals surface area contributed by atoms with Gasteiger partial charge < -0.3 is 18.9 Å². The Hall–Kier alpha value is -1.59. The van der Waals surface area contributed by atoms with Gasteiger partial charge in [0.05, 0.1) is 25.2 Å². The molecule has 0 heterocycles. The van der Waals surface area contributed by atoms with Crippen molar-refractivity contribution in [3.8, 4) is 5.75 Å². The molecule has 0 N–H and O–H groups in total. The summed E-state index contributed by atoms with van der Waals surface area (Å²) >= 11 is 0. The standard InChI is InChI=1S/C17H24O5/c1-4-21-17(18)9-12-5-7-13(8-6-12)22-14-10-15(19-2)16(11-14)20-3/h5-8,14-16H,4,9-11H2,1-3H3/t15-,16-/m1/s1. The Balaban J connectivity index is 1.88. The van der Waals surface area contributed by atoms with Gasteiger partial charge in [-0.15, -0.1) is 0 Å². The molecule has 0 bridgehead atoms. The van der Waals surface area contributed by atoms with E-state index in [1.807, 2.05) is 24.3 Å². The monoisotopic (exact) mass is 308 g/mol. The van der Waals surface area contributed by atoms with Crippen LogP contribution in [0.2, 0.25) is 0 Å². The Morgan fingerprint density at radius 1 is 1.09 bits per heavy atom. The third-order valence-electron chi connectivity index (χ3n) is 3.89. The summed E-state index contributed by atoms with van der Waals surface area (Å²) in [6.45, 7) is 2.21. The molecule has 1 aliphatic rings. The fourth-order valence-corrected chi connectivity index (χ4v) is 2.77. The summed E-state index contributed by atoms with van der Waals surface area (Å²) in [7, 11) is 3.40. The molecule has 5 nitrogen and oxygen atoms in total. The number of ether oxygens (including phenoxy) is 4. The highest BCUT2D eigenvalue weighted by Gasteiger charge is 2.35. The molecule has 1 aliphatic carbocycles. The van der Waals surface area contributed by atoms with Crippen molar-refractivity contribution in [2.75, 3.05) is 20.8 Å². The van der Waals surface area contributed by atoms with Crippen LogP contribution in [0.3, 0.4) is 0 Å². The maximum Gasteiger partial charge on any atom is 0.310 e. The Morgan fingerprint density at radius 2 is 1.68 bits per heavy atom. The van der Waals surface area contributed by atoms with E-state index < -0.39 is 0 Å². The van der Waals surface area contributed by atoms with Crippen LogP contribution in [0.1, 0.15) is 25.3 Å². The minimum absolute atomic E-state index is 0.0816. The Morgan fingerprint density at radius 3 is 2.18 bits per heavy atom. The molecule has 0 unspecified atom stereocenters. The third kappa shape index (κ3) is 4.45. The van der Waals surface area contributed by atoms with E-state index in [1.165, 1.54) is 0 Å². The zero-order valence-corrected chi connectivity index (χ0v) is 13.4. The molecular formula is C17H24O5. The van der Waals surface area contributed by atoms with Crippen molar-refractivity contribution in [1.29, 1.82) is 0 Å². The number of methoxy groups -OCH3 is 2. The minimum atomic E-state index is -0.210. The van der Waals surface area contributed by atoms with Gasteiger partial charge in [0.2, 0.25) is 0 Å². The van der Waals surface area contributed by atoms with Crippen LogP contribution < -0.4 is 4.74 Å². The summed E-state index contributed by atoms with van der Waals surface area (Å²) in [5.41, 5.74) is 0.918. The summed E-state index contributed by atoms with van der Waals surface area (Å²) in [4.78, 5) is 11.4. The summed E-state index contributed by atoms with van der Waals surface area (Å²) in [5, 5.41) is 0. The Labute approximate surface area is 131 Å². The topological polar surface area (TPSA) is 54.0 Å². The average molecular weight is 308 g/mol. The second-order valence-electron chi connectivity index (χ2n) is 5.39. The van der Waals surface area contributed by atoms with Gasteiger partial charge in [-0.25, -0.2) is 0 Å². The highest BCUT2D eigenvalue weighted by Crippen LogP contribution is 2.28. The first kappa shape index (κ1) is 16.8. The van der Waals surface area contributed by atoms with Crippen LogP contribution in [-0.2, 0) is 25.4 Å². The maximum absolute atomic E-state index is 11.4. The predicted octanol–water partition coefficient (Wildman–Crippen LogP) is 2.36. The van der Waals surface area contributed by atoms with E-state index in [2.05, 4.69) is 0 Å². The Kier molecular flexibility index (Phi) is 6.21. The zero-order chi connectivity index (χ0) is 15.9. The van der Waals surface area contributed by atoms with Gasteiger partial charge in [-0.05, 0) is 24.6 Å². The van der Waals surface area contributed by atoms with Crippen LogP contribution in [0.15, 0.2) is 24.3 Å². The van der Waals surface area contributed by atoms with E-state index in [0.717, 1.165) is 24.2 Å². The fourth-order valence-electron chi connectivity index (χ4n) is 2.77. The maximum atomic E-state index is 11.4. The average Bonchev–Trinajstić information content (AvgIpc) is 2.91. The van der Waals surface area contributed by atoms with E-state index in [1.54, 1.807) is 21.1 Å². The molecule has 1 aromatic rings. The highest BCUT2D eigenvalue weighted by molar-refractivity contribution is 5.72. The fraction of sp³-hybridized carbons (Fsp3) is 0.588. The van der Waals surface area contributed by atoms with E-state index in [-0.39, 0.29) is 30.7 Å². The zero-order valence-electron chi connectivity index (χ0n) is 13.4. The lowest BCUT2D eigenvalue weighted by molar-refractivity contribution is -0.142. The second kappa shape index (κ2) is 8.15. The lowest BCUT2D eigenvalue weighted by Crippen LogP contribution is -2.23. The number of hydrogen-bond donors (Lipinski definition) is 0. The number of carbonyl (C=O) groups is 1. The molecule has 0 radical (unpaired) electrons. The van der Waals surface area contributed by atoms with Crippen molar-refractivity contribution in [1.82, 2.24) is 0 Å². The molecule has 1 fully saturated rings. The molecule has 0 aliphatic heterocycles. The van der Waals surface area contributed by atoms with Crippen LogP contribution in [0, 0.1) is 0 Å². The molecule has 5 heteroatoms. The molecule has 1 saturated carbocycles. The van der Waals surface area contributed by atoms with Crippen molar-refractivity contribution in [2.45, 2.75) is 44.5 Å². The minimum Gasteiger partial charge on any atom is -0.490 e. The first-order valence-corrected chi connectivity index (χ1v) is 7.63. The van der Waals surface area contributed by atoms with Crippen LogP contribution in [-0.4, -0.2) is 45.1 Å². The number of rotatable bonds is 7. The highest BCUT2D eigenvalue weighted by atomic mass is 16.5. The molecule has 122 valence electrons. The van der Waals surface area contributed by atoms with Gasteiger partial charge in [0, 0.05) is 27.1 Å². The number of benzene rings is 1. The van der Waals surface area contributed by atoms with Crippen molar-refractivity contribution < 1.29 is 23.7 Å². The summed E-state index contributed by atoms with van der Waals surface area (Å²) in [6, 6.07) is 7.55. The largest absolute Gasteiger partial charge is 0.490 e. The van der Waals surface area contributed by atoms with Crippen molar-refractivity contribution in [2.24, 2.45) is 0 Å². The SMILES string of the molecule is CCOC(=O)Cc1ccc(OC2C[C@@H](OC)[C@H](OC)C2)cc1. The van der Waals surface area contributed by atoms with Crippen molar-refractivity contribution >= 4 is 5.97 Å². The summed E-state index contributed by atoms with van der Waals surface area (Å²) in [6.07, 6.45) is 2.18. The van der Waals surface area contributed by atoms with Crippen LogP contribution in [0.4, 0.5) is 0 Å². The van der Waals surface area contributed by atoms with Gasteiger partial charge in [0.15, 0.2) is 0 Å². The number of esters is 1. The van der Waals surface area contributed by atoms with Crippen LogP contribution in [0.5, 0.6) is 5.75 Å². The molecule has 2 atom stereocenters. The van der Waals surface area contributed by atoms with Gasteiger partial charge in [0.1, 0.15) is 11.9 Å². The summed E-state index contributed by atoms with van der Waals surface area (Å²) in [5.74, 6) is 0.585. The quantitative estimate of drug-likeness (QED) is 0.724. The van der Waals surface area contributed by atoms with Crippen molar-refractivity contribution in [3.63, 3.8) is 0 Å². The lowest BCUT2D eigenvalue weighted by Gasteiger charge is -2.14. The first-order valence-electron chi connectivity index (χ1n) is 7.63. The van der Waals surface area contributed by atoms with E-state index in [4.69, 9.17) is 18.9 Å². The lowest BCUT2D eigenvalue weighted by atomic mass is 10.1. The van der Waals surface area contributed by atoms with E-state index >= 15 is 0 Å². The van der Waals surface area contributed by atoms with Crippen molar-refractivity contribution in [3.05, 3.63) is 29.8 Å². The number of hydrogen-bond acceptors (Lipinski definition) is 5. The summed E-state index contributed by atoms with van der Waals surface area (Å²) < 4.78 is 21.7. The van der Waals surface area contributed by atoms with E-state index in [9.17, 15) is 4.79 Å². The molecule has 0 spiro atoms. The normalized spacial score (nSPS) is 21.8. The Bertz CT molecular complexity index is 458. The van der Waals surface area contributed by atoms with Gasteiger partial charge >= 0.3 is 5.97 Å². The molecular weight excluding hydrogens is 284 g/mol. The molecule has 0 saturated heterocycles. The predicted molar refractivity (Wildman–Crippen MR) is 82.0 cm³/mol. The molecule has 22 heavy (non-hydrogen) atoms. The third-order valence-corrected chi connectivity index (χ3v) is 3.89. The molecule has 1 aromatic carbocycles. The van der Waals surface area contributed by atoms with E-state index in [0.29, 0.717) is 6.61 Å². The first-order chi connectivity index (χ1) is 10.7. The van der Waals surface area contributed by atoms with Crippen LogP contribution >= 0.6 is 0 Å². The van der Waals surface area contributed by atoms with Crippen LogP contribution in [0.25, 0.3) is 0 Å². The van der Waals surface area contributed by atoms with Gasteiger partial charge in [-0.2, -0.15) is 0 Å². The molecule has 2 rings (SSSR count). The van der Waals surface area contributed by atoms with Gasteiger partial charge in [0.25, 0.3) is 0 Å². The second-order valence-corrected chi connectivity index (χ2v) is 5.39. The molecule has 0 amide bonds. The smallest absolute Gasteiger partial charge is 0.310 e. The molecule has 0 aromatic heterocycles. The van der Waals surface area contributed by atoms with Gasteiger partial charge in [-0.3, -0.25) is 4.79 Å². The number of carbonyl (C=O) groups excluding carboxylic acids is 1. The van der Waals surface area contributed by atoms with Gasteiger partial charge in [-0.1, -0.05) is 12.1 Å².